The molecule has 17 heavy (non-hydrogen) atoms. The Balaban J connectivity index is 2.07. The molecule has 0 atom stereocenters. The molecule has 0 saturated heterocycles. The maximum atomic E-state index is 5.56. The standard InChI is InChI=1S/C14H26N2O/c1-12(2)10-15-8-5-9-16(4)11-14-7-6-13(3)17-14/h6-7,12,15H,5,8-11H2,1-4H3. The molecule has 3 heteroatoms. The summed E-state index contributed by atoms with van der Waals surface area (Å²) in [4.78, 5) is 2.30. The van der Waals surface area contributed by atoms with E-state index in [1.807, 2.05) is 13.0 Å². The van der Waals surface area contributed by atoms with Gasteiger partial charge in [0.1, 0.15) is 11.5 Å². The van der Waals surface area contributed by atoms with Crippen LogP contribution in [0.2, 0.25) is 0 Å². The van der Waals surface area contributed by atoms with Gasteiger partial charge >= 0.3 is 0 Å². The van der Waals surface area contributed by atoms with Crippen molar-refractivity contribution in [2.24, 2.45) is 5.92 Å². The second kappa shape index (κ2) is 7.51. The van der Waals surface area contributed by atoms with Crippen LogP contribution in [0.3, 0.4) is 0 Å². The third-order valence-electron chi connectivity index (χ3n) is 2.67. The molecule has 0 bridgehead atoms. The van der Waals surface area contributed by atoms with E-state index in [1.54, 1.807) is 0 Å². The summed E-state index contributed by atoms with van der Waals surface area (Å²) in [5.41, 5.74) is 0. The van der Waals surface area contributed by atoms with E-state index in [0.717, 1.165) is 43.6 Å². The molecule has 0 aliphatic heterocycles. The predicted octanol–water partition coefficient (Wildman–Crippen LogP) is 2.66. The zero-order chi connectivity index (χ0) is 12.7. The Labute approximate surface area is 105 Å². The lowest BCUT2D eigenvalue weighted by atomic mass is 10.2. The first kappa shape index (κ1) is 14.3. The average molecular weight is 238 g/mol. The lowest BCUT2D eigenvalue weighted by molar-refractivity contribution is 0.287. The largest absolute Gasteiger partial charge is 0.465 e. The number of nitrogens with one attached hydrogen (secondary N) is 1. The van der Waals surface area contributed by atoms with E-state index in [1.165, 1.54) is 6.42 Å². The fraction of sp³-hybridized carbons (Fsp3) is 0.714. The van der Waals surface area contributed by atoms with Crippen LogP contribution in [0.5, 0.6) is 0 Å². The first-order valence-electron chi connectivity index (χ1n) is 6.52. The number of rotatable bonds is 8. The summed E-state index contributed by atoms with van der Waals surface area (Å²) >= 11 is 0. The molecule has 0 unspecified atom stereocenters. The van der Waals surface area contributed by atoms with Gasteiger partial charge < -0.3 is 9.73 Å². The Bertz CT molecular complexity index is 307. The highest BCUT2D eigenvalue weighted by molar-refractivity contribution is 5.05. The topological polar surface area (TPSA) is 28.4 Å². The maximum Gasteiger partial charge on any atom is 0.118 e. The number of nitrogens with zero attached hydrogens (tertiary/aromatic N) is 1. The lowest BCUT2D eigenvalue weighted by Gasteiger charge is -2.15. The Morgan fingerprint density at radius 2 is 2.12 bits per heavy atom. The summed E-state index contributed by atoms with van der Waals surface area (Å²) in [5, 5.41) is 3.46. The molecular weight excluding hydrogens is 212 g/mol. The van der Waals surface area contributed by atoms with Crippen molar-refractivity contribution in [1.29, 1.82) is 0 Å². The van der Waals surface area contributed by atoms with Crippen molar-refractivity contribution in [3.05, 3.63) is 23.7 Å². The van der Waals surface area contributed by atoms with E-state index in [4.69, 9.17) is 4.42 Å². The highest BCUT2D eigenvalue weighted by Crippen LogP contribution is 2.08. The molecule has 1 aromatic heterocycles. The lowest BCUT2D eigenvalue weighted by Crippen LogP contribution is -2.25. The second-order valence-electron chi connectivity index (χ2n) is 5.20. The zero-order valence-electron chi connectivity index (χ0n) is 11.6. The smallest absolute Gasteiger partial charge is 0.118 e. The summed E-state index contributed by atoms with van der Waals surface area (Å²) in [6.07, 6.45) is 1.18. The Morgan fingerprint density at radius 3 is 2.71 bits per heavy atom. The summed E-state index contributed by atoms with van der Waals surface area (Å²) in [6, 6.07) is 4.08. The van der Waals surface area contributed by atoms with Gasteiger partial charge in [-0.3, -0.25) is 4.90 Å². The highest BCUT2D eigenvalue weighted by Gasteiger charge is 2.03. The molecule has 0 aliphatic rings. The minimum atomic E-state index is 0.735. The number of hydrogen-bond acceptors (Lipinski definition) is 3. The molecule has 1 rings (SSSR count). The molecule has 0 aromatic carbocycles. The van der Waals surface area contributed by atoms with E-state index >= 15 is 0 Å². The van der Waals surface area contributed by atoms with Gasteiger partial charge in [-0.05, 0) is 58.1 Å². The van der Waals surface area contributed by atoms with Crippen molar-refractivity contribution < 1.29 is 4.42 Å². The fourth-order valence-electron chi connectivity index (χ4n) is 1.78. The highest BCUT2D eigenvalue weighted by atomic mass is 16.3. The molecule has 0 fully saturated rings. The Hall–Kier alpha value is -0.800. The first-order chi connectivity index (χ1) is 8.08. The van der Waals surface area contributed by atoms with E-state index in [2.05, 4.69) is 37.2 Å². The SMILES string of the molecule is Cc1ccc(CN(C)CCCNCC(C)C)o1. The molecule has 0 saturated carbocycles. The van der Waals surface area contributed by atoms with Crippen LogP contribution in [0.4, 0.5) is 0 Å². The molecule has 1 N–H and O–H groups in total. The van der Waals surface area contributed by atoms with Gasteiger partial charge in [0.05, 0.1) is 6.54 Å². The molecule has 98 valence electrons. The van der Waals surface area contributed by atoms with Gasteiger partial charge in [0.15, 0.2) is 0 Å². The van der Waals surface area contributed by atoms with Crippen molar-refractivity contribution in [1.82, 2.24) is 10.2 Å². The molecule has 0 aliphatic carbocycles. The van der Waals surface area contributed by atoms with Crippen molar-refractivity contribution in [2.45, 2.75) is 33.7 Å². The van der Waals surface area contributed by atoms with Crippen LogP contribution in [0.15, 0.2) is 16.5 Å². The van der Waals surface area contributed by atoms with Gasteiger partial charge in [-0.2, -0.15) is 0 Å². The van der Waals surface area contributed by atoms with Gasteiger partial charge in [0.25, 0.3) is 0 Å². The molecular formula is C14H26N2O. The summed E-state index contributed by atoms with van der Waals surface area (Å²) < 4.78 is 5.56. The van der Waals surface area contributed by atoms with Gasteiger partial charge in [0, 0.05) is 0 Å². The summed E-state index contributed by atoms with van der Waals surface area (Å²) in [6.45, 7) is 10.7. The number of furan rings is 1. The predicted molar refractivity (Wildman–Crippen MR) is 72.1 cm³/mol. The normalized spacial score (nSPS) is 11.6. The van der Waals surface area contributed by atoms with Crippen LogP contribution >= 0.6 is 0 Å². The van der Waals surface area contributed by atoms with Crippen molar-refractivity contribution in [3.8, 4) is 0 Å². The maximum absolute atomic E-state index is 5.56. The van der Waals surface area contributed by atoms with Crippen LogP contribution in [0.25, 0.3) is 0 Å². The van der Waals surface area contributed by atoms with Crippen LogP contribution in [-0.2, 0) is 6.54 Å². The summed E-state index contributed by atoms with van der Waals surface area (Å²) in [5.74, 6) is 2.78. The molecule has 1 heterocycles. The van der Waals surface area contributed by atoms with Crippen molar-refractivity contribution in [3.63, 3.8) is 0 Å². The summed E-state index contributed by atoms with van der Waals surface area (Å²) in [7, 11) is 2.14. The minimum Gasteiger partial charge on any atom is -0.465 e. The molecule has 1 aromatic rings. The van der Waals surface area contributed by atoms with E-state index in [-0.39, 0.29) is 0 Å². The minimum absolute atomic E-state index is 0.735. The first-order valence-corrected chi connectivity index (χ1v) is 6.52. The average Bonchev–Trinajstić information content (AvgIpc) is 2.63. The van der Waals surface area contributed by atoms with Crippen molar-refractivity contribution in [2.75, 3.05) is 26.7 Å². The van der Waals surface area contributed by atoms with Crippen molar-refractivity contribution >= 4 is 0 Å². The Morgan fingerprint density at radius 1 is 1.35 bits per heavy atom. The molecule has 0 spiro atoms. The van der Waals surface area contributed by atoms with E-state index in [9.17, 15) is 0 Å². The molecule has 3 nitrogen and oxygen atoms in total. The third kappa shape index (κ3) is 6.49. The van der Waals surface area contributed by atoms with Crippen LogP contribution in [-0.4, -0.2) is 31.6 Å². The van der Waals surface area contributed by atoms with Gasteiger partial charge in [0.2, 0.25) is 0 Å². The molecule has 0 amide bonds. The quantitative estimate of drug-likeness (QED) is 0.706. The number of hydrogen-bond donors (Lipinski definition) is 1. The van der Waals surface area contributed by atoms with Crippen LogP contribution in [0.1, 0.15) is 31.8 Å². The number of aryl methyl sites for hydroxylation is 1. The second-order valence-corrected chi connectivity index (χ2v) is 5.20. The Kier molecular flexibility index (Phi) is 6.30. The molecule has 0 radical (unpaired) electrons. The van der Waals surface area contributed by atoms with E-state index in [0.29, 0.717) is 0 Å². The van der Waals surface area contributed by atoms with E-state index < -0.39 is 0 Å². The fourth-order valence-corrected chi connectivity index (χ4v) is 1.78. The zero-order valence-corrected chi connectivity index (χ0v) is 11.6. The van der Waals surface area contributed by atoms with Crippen LogP contribution in [0, 0.1) is 12.8 Å². The van der Waals surface area contributed by atoms with Gasteiger partial charge in [-0.1, -0.05) is 13.8 Å². The third-order valence-corrected chi connectivity index (χ3v) is 2.67. The monoisotopic (exact) mass is 238 g/mol. The van der Waals surface area contributed by atoms with Gasteiger partial charge in [-0.25, -0.2) is 0 Å². The van der Waals surface area contributed by atoms with Crippen LogP contribution < -0.4 is 5.32 Å². The van der Waals surface area contributed by atoms with Gasteiger partial charge in [-0.15, -0.1) is 0 Å².